The monoisotopic (exact) mass is 285 g/mol. The summed E-state index contributed by atoms with van der Waals surface area (Å²) in [6.45, 7) is 6.53. The highest BCUT2D eigenvalue weighted by molar-refractivity contribution is 7.84. The van der Waals surface area contributed by atoms with Crippen molar-refractivity contribution in [3.63, 3.8) is 0 Å². The number of nitrogens with zero attached hydrogens (tertiary/aromatic N) is 2. The fourth-order valence-corrected chi connectivity index (χ4v) is 1.89. The molecular formula is C12H23N5OS. The molecular weight excluding hydrogens is 262 g/mol. The van der Waals surface area contributed by atoms with E-state index in [4.69, 9.17) is 5.84 Å². The fourth-order valence-electron chi connectivity index (χ4n) is 1.57. The lowest BCUT2D eigenvalue weighted by molar-refractivity contribution is 0.678. The molecule has 0 aromatic carbocycles. The SMILES string of the molecule is CCCc1nc(NN)c(C)c(NCC(C)S(C)=O)n1. The zero-order valence-corrected chi connectivity index (χ0v) is 12.8. The molecule has 108 valence electrons. The predicted octanol–water partition coefficient (Wildman–Crippen LogP) is 1.20. The lowest BCUT2D eigenvalue weighted by atomic mass is 10.2. The van der Waals surface area contributed by atoms with Crippen LogP contribution in [-0.4, -0.2) is 32.2 Å². The molecule has 7 heteroatoms. The Hall–Kier alpha value is -1.21. The number of aromatic nitrogens is 2. The highest BCUT2D eigenvalue weighted by Crippen LogP contribution is 2.19. The summed E-state index contributed by atoms with van der Waals surface area (Å²) in [7, 11) is -0.853. The van der Waals surface area contributed by atoms with Crippen LogP contribution in [0.15, 0.2) is 0 Å². The molecule has 0 fully saturated rings. The van der Waals surface area contributed by atoms with Crippen molar-refractivity contribution in [2.45, 2.75) is 38.9 Å². The normalized spacial score (nSPS) is 13.9. The van der Waals surface area contributed by atoms with Gasteiger partial charge < -0.3 is 10.7 Å². The van der Waals surface area contributed by atoms with Gasteiger partial charge in [0.2, 0.25) is 0 Å². The molecule has 1 heterocycles. The fraction of sp³-hybridized carbons (Fsp3) is 0.667. The van der Waals surface area contributed by atoms with Crippen LogP contribution in [0.2, 0.25) is 0 Å². The Bertz CT molecular complexity index is 452. The second-order valence-electron chi connectivity index (χ2n) is 4.55. The van der Waals surface area contributed by atoms with Gasteiger partial charge in [0.15, 0.2) is 0 Å². The highest BCUT2D eigenvalue weighted by atomic mass is 32.2. The largest absolute Gasteiger partial charge is 0.368 e. The first-order chi connectivity index (χ1) is 8.99. The summed E-state index contributed by atoms with van der Waals surface area (Å²) < 4.78 is 11.3. The van der Waals surface area contributed by atoms with Gasteiger partial charge in [0.05, 0.1) is 0 Å². The summed E-state index contributed by atoms with van der Waals surface area (Å²) in [4.78, 5) is 8.84. The summed E-state index contributed by atoms with van der Waals surface area (Å²) in [6.07, 6.45) is 3.48. The van der Waals surface area contributed by atoms with Gasteiger partial charge >= 0.3 is 0 Å². The number of nitrogens with two attached hydrogens (primary N) is 1. The van der Waals surface area contributed by atoms with Gasteiger partial charge in [0, 0.05) is 40.8 Å². The average molecular weight is 285 g/mol. The maximum Gasteiger partial charge on any atom is 0.148 e. The Balaban J connectivity index is 2.91. The van der Waals surface area contributed by atoms with Crippen LogP contribution in [-0.2, 0) is 17.2 Å². The van der Waals surface area contributed by atoms with Crippen LogP contribution in [0.1, 0.15) is 31.7 Å². The van der Waals surface area contributed by atoms with Crippen molar-refractivity contribution in [3.8, 4) is 0 Å². The number of hydrogen-bond acceptors (Lipinski definition) is 6. The van der Waals surface area contributed by atoms with Crippen molar-refractivity contribution in [2.75, 3.05) is 23.5 Å². The van der Waals surface area contributed by atoms with Crippen molar-refractivity contribution >= 4 is 22.4 Å². The lowest BCUT2D eigenvalue weighted by Crippen LogP contribution is -2.22. The Morgan fingerprint density at radius 2 is 2.00 bits per heavy atom. The molecule has 0 saturated carbocycles. The molecule has 6 nitrogen and oxygen atoms in total. The van der Waals surface area contributed by atoms with E-state index >= 15 is 0 Å². The van der Waals surface area contributed by atoms with Gasteiger partial charge in [-0.2, -0.15) is 0 Å². The summed E-state index contributed by atoms with van der Waals surface area (Å²) >= 11 is 0. The molecule has 2 atom stereocenters. The number of aryl methyl sites for hydroxylation is 1. The van der Waals surface area contributed by atoms with E-state index in [-0.39, 0.29) is 5.25 Å². The van der Waals surface area contributed by atoms with E-state index < -0.39 is 10.8 Å². The summed E-state index contributed by atoms with van der Waals surface area (Å²) in [6, 6.07) is 0. The van der Waals surface area contributed by atoms with Crippen LogP contribution in [0.3, 0.4) is 0 Å². The third kappa shape index (κ3) is 4.43. The zero-order chi connectivity index (χ0) is 14.4. The number of hydrazine groups is 1. The van der Waals surface area contributed by atoms with Gasteiger partial charge in [-0.3, -0.25) is 4.21 Å². The number of anilines is 2. The standard InChI is InChI=1S/C12H23N5OS/c1-5-6-10-15-11(9(3)12(16-10)17-13)14-7-8(2)19(4)18/h8H,5-7,13H2,1-4H3,(H2,14,15,16,17). The van der Waals surface area contributed by atoms with E-state index in [9.17, 15) is 4.21 Å². The number of hydrogen-bond donors (Lipinski definition) is 3. The predicted molar refractivity (Wildman–Crippen MR) is 80.6 cm³/mol. The molecule has 0 aliphatic carbocycles. The van der Waals surface area contributed by atoms with Gasteiger partial charge in [-0.1, -0.05) is 6.92 Å². The second kappa shape index (κ2) is 7.40. The van der Waals surface area contributed by atoms with Crippen LogP contribution < -0.4 is 16.6 Å². The Morgan fingerprint density at radius 1 is 1.37 bits per heavy atom. The molecule has 2 unspecified atom stereocenters. The van der Waals surface area contributed by atoms with Crippen LogP contribution in [0, 0.1) is 6.92 Å². The Kier molecular flexibility index (Phi) is 6.17. The molecule has 1 aromatic rings. The molecule has 0 amide bonds. The van der Waals surface area contributed by atoms with E-state index in [1.54, 1.807) is 6.26 Å². The van der Waals surface area contributed by atoms with Crippen molar-refractivity contribution < 1.29 is 4.21 Å². The summed E-state index contributed by atoms with van der Waals surface area (Å²) in [5.74, 6) is 7.61. The van der Waals surface area contributed by atoms with Crippen molar-refractivity contribution in [1.29, 1.82) is 0 Å². The third-order valence-electron chi connectivity index (χ3n) is 2.93. The molecule has 4 N–H and O–H groups in total. The van der Waals surface area contributed by atoms with Gasteiger partial charge in [-0.25, -0.2) is 15.8 Å². The Labute approximate surface area is 117 Å². The van der Waals surface area contributed by atoms with Gasteiger partial charge in [0.1, 0.15) is 17.5 Å². The quantitative estimate of drug-likeness (QED) is 0.515. The van der Waals surface area contributed by atoms with Gasteiger partial charge in [0.25, 0.3) is 0 Å². The van der Waals surface area contributed by atoms with Crippen molar-refractivity contribution in [2.24, 2.45) is 5.84 Å². The summed E-state index contributed by atoms with van der Waals surface area (Å²) in [5, 5.41) is 3.30. The number of nitrogen functional groups attached to an aromatic ring is 1. The first-order valence-corrected chi connectivity index (χ1v) is 8.01. The molecule has 19 heavy (non-hydrogen) atoms. The van der Waals surface area contributed by atoms with E-state index in [0.29, 0.717) is 12.4 Å². The van der Waals surface area contributed by atoms with Crippen molar-refractivity contribution in [1.82, 2.24) is 9.97 Å². The van der Waals surface area contributed by atoms with Gasteiger partial charge in [-0.15, -0.1) is 0 Å². The van der Waals surface area contributed by atoms with E-state index in [1.165, 1.54) is 0 Å². The molecule has 1 rings (SSSR count). The minimum Gasteiger partial charge on any atom is -0.368 e. The molecule has 0 bridgehead atoms. The summed E-state index contributed by atoms with van der Waals surface area (Å²) in [5.41, 5.74) is 3.47. The second-order valence-corrected chi connectivity index (χ2v) is 6.35. The van der Waals surface area contributed by atoms with E-state index in [2.05, 4.69) is 27.6 Å². The first kappa shape index (κ1) is 15.8. The van der Waals surface area contributed by atoms with E-state index in [0.717, 1.165) is 30.0 Å². The highest BCUT2D eigenvalue weighted by Gasteiger charge is 2.12. The minimum atomic E-state index is -0.853. The smallest absolute Gasteiger partial charge is 0.148 e. The topological polar surface area (TPSA) is 92.9 Å². The molecule has 1 aromatic heterocycles. The van der Waals surface area contributed by atoms with Gasteiger partial charge in [-0.05, 0) is 20.3 Å². The zero-order valence-electron chi connectivity index (χ0n) is 12.0. The lowest BCUT2D eigenvalue weighted by Gasteiger charge is -2.15. The van der Waals surface area contributed by atoms with Crippen LogP contribution in [0.25, 0.3) is 0 Å². The van der Waals surface area contributed by atoms with E-state index in [1.807, 2.05) is 13.8 Å². The third-order valence-corrected chi connectivity index (χ3v) is 4.23. The molecule has 0 spiro atoms. The molecule has 0 saturated heterocycles. The number of nitrogens with one attached hydrogen (secondary N) is 2. The van der Waals surface area contributed by atoms with Crippen LogP contribution >= 0.6 is 0 Å². The first-order valence-electron chi connectivity index (χ1n) is 6.39. The average Bonchev–Trinajstić information content (AvgIpc) is 2.38. The minimum absolute atomic E-state index is 0.0678. The number of rotatable bonds is 7. The maximum atomic E-state index is 11.3. The van der Waals surface area contributed by atoms with Crippen LogP contribution in [0.5, 0.6) is 0 Å². The van der Waals surface area contributed by atoms with Crippen LogP contribution in [0.4, 0.5) is 11.6 Å². The molecule has 0 aliphatic heterocycles. The maximum absolute atomic E-state index is 11.3. The molecule has 0 aliphatic rings. The molecule has 0 radical (unpaired) electrons. The Morgan fingerprint density at radius 3 is 2.53 bits per heavy atom. The van der Waals surface area contributed by atoms with Crippen molar-refractivity contribution in [3.05, 3.63) is 11.4 Å².